The lowest BCUT2D eigenvalue weighted by molar-refractivity contribution is -0.115. The topological polar surface area (TPSA) is 50.4 Å². The molecule has 0 atom stereocenters. The van der Waals surface area contributed by atoms with Gasteiger partial charge in [0.15, 0.2) is 0 Å². The molecule has 4 nitrogen and oxygen atoms in total. The lowest BCUT2D eigenvalue weighted by atomic mass is 10.2. The first-order valence-electron chi connectivity index (χ1n) is 4.87. The minimum atomic E-state index is -0.105. The Bertz CT molecular complexity index is 394. The summed E-state index contributed by atoms with van der Waals surface area (Å²) in [4.78, 5) is 11.4. The fourth-order valence-corrected chi connectivity index (χ4v) is 1.54. The molecule has 0 aliphatic carbocycles. The number of benzene rings is 1. The second-order valence-corrected chi connectivity index (χ2v) is 3.79. The van der Waals surface area contributed by atoms with Crippen LogP contribution in [-0.4, -0.2) is 26.6 Å². The lowest BCUT2D eigenvalue weighted by Gasteiger charge is -2.11. The molecule has 1 rings (SSSR count). The first-order chi connectivity index (χ1) is 7.58. The zero-order valence-electron chi connectivity index (χ0n) is 9.56. The minimum Gasteiger partial charge on any atom is -0.495 e. The van der Waals surface area contributed by atoms with E-state index < -0.39 is 0 Å². The van der Waals surface area contributed by atoms with Crippen LogP contribution in [0.5, 0.6) is 5.75 Å². The summed E-state index contributed by atoms with van der Waals surface area (Å²) in [5.41, 5.74) is 1.61. The smallest absolute Gasteiger partial charge is 0.238 e. The number of likely N-dealkylation sites (N-methyl/N-ethyl adjacent to an activating group) is 1. The van der Waals surface area contributed by atoms with Gasteiger partial charge in [0.05, 0.1) is 18.7 Å². The standard InChI is InChI=1S/C11H15ClN2O2/c1-7-4-10(16-3)8(12)5-9(7)14-11(15)6-13-2/h4-5,13H,6H2,1-3H3,(H,14,15). The fourth-order valence-electron chi connectivity index (χ4n) is 1.30. The summed E-state index contributed by atoms with van der Waals surface area (Å²) in [7, 11) is 3.27. The van der Waals surface area contributed by atoms with Crippen molar-refractivity contribution in [3.8, 4) is 5.75 Å². The van der Waals surface area contributed by atoms with E-state index in [0.717, 1.165) is 5.56 Å². The monoisotopic (exact) mass is 242 g/mol. The Labute approximate surface area is 99.9 Å². The van der Waals surface area contributed by atoms with Gasteiger partial charge in [0.1, 0.15) is 5.75 Å². The van der Waals surface area contributed by atoms with Crippen LogP contribution in [0.3, 0.4) is 0 Å². The number of halogens is 1. The maximum absolute atomic E-state index is 11.4. The van der Waals surface area contributed by atoms with Gasteiger partial charge in [0.2, 0.25) is 5.91 Å². The molecule has 0 fully saturated rings. The van der Waals surface area contributed by atoms with Gasteiger partial charge in [-0.25, -0.2) is 0 Å². The molecular formula is C11H15ClN2O2. The maximum Gasteiger partial charge on any atom is 0.238 e. The number of rotatable bonds is 4. The van der Waals surface area contributed by atoms with Crippen molar-refractivity contribution in [1.82, 2.24) is 5.32 Å². The molecule has 0 saturated carbocycles. The van der Waals surface area contributed by atoms with Crippen molar-refractivity contribution >= 4 is 23.2 Å². The fraction of sp³-hybridized carbons (Fsp3) is 0.364. The lowest BCUT2D eigenvalue weighted by Crippen LogP contribution is -2.25. The largest absolute Gasteiger partial charge is 0.495 e. The summed E-state index contributed by atoms with van der Waals surface area (Å²) < 4.78 is 5.08. The van der Waals surface area contributed by atoms with Crippen LogP contribution in [0.25, 0.3) is 0 Å². The number of hydrogen-bond donors (Lipinski definition) is 2. The highest BCUT2D eigenvalue weighted by molar-refractivity contribution is 6.32. The van der Waals surface area contributed by atoms with E-state index in [2.05, 4.69) is 10.6 Å². The highest BCUT2D eigenvalue weighted by Crippen LogP contribution is 2.30. The van der Waals surface area contributed by atoms with Gasteiger partial charge >= 0.3 is 0 Å². The van der Waals surface area contributed by atoms with Gasteiger partial charge in [-0.15, -0.1) is 0 Å². The Morgan fingerprint density at radius 1 is 1.50 bits per heavy atom. The number of carbonyl (C=O) groups is 1. The van der Waals surface area contributed by atoms with Crippen LogP contribution >= 0.6 is 11.6 Å². The molecular weight excluding hydrogens is 228 g/mol. The van der Waals surface area contributed by atoms with Crippen molar-refractivity contribution in [2.45, 2.75) is 6.92 Å². The molecule has 0 saturated heterocycles. The van der Waals surface area contributed by atoms with Crippen LogP contribution < -0.4 is 15.4 Å². The molecule has 0 unspecified atom stereocenters. The number of methoxy groups -OCH3 is 1. The third-order valence-electron chi connectivity index (χ3n) is 2.11. The molecule has 0 aromatic heterocycles. The van der Waals surface area contributed by atoms with Crippen molar-refractivity contribution in [1.29, 1.82) is 0 Å². The maximum atomic E-state index is 11.4. The van der Waals surface area contributed by atoms with Crippen molar-refractivity contribution in [2.24, 2.45) is 0 Å². The number of anilines is 1. The molecule has 0 heterocycles. The molecule has 0 radical (unpaired) electrons. The predicted octanol–water partition coefficient (Wildman–Crippen LogP) is 1.81. The van der Waals surface area contributed by atoms with Gasteiger partial charge in [0, 0.05) is 5.69 Å². The van der Waals surface area contributed by atoms with Gasteiger partial charge in [-0.05, 0) is 31.7 Å². The molecule has 0 aliphatic rings. The number of nitrogens with one attached hydrogen (secondary N) is 2. The normalized spacial score (nSPS) is 10.0. The number of carbonyl (C=O) groups excluding carboxylic acids is 1. The Morgan fingerprint density at radius 3 is 2.75 bits per heavy atom. The quantitative estimate of drug-likeness (QED) is 0.847. The van der Waals surface area contributed by atoms with E-state index in [9.17, 15) is 4.79 Å². The first kappa shape index (κ1) is 12.8. The Kier molecular flexibility index (Phi) is 4.58. The SMILES string of the molecule is CNCC(=O)Nc1cc(Cl)c(OC)cc1C. The molecule has 5 heteroatoms. The van der Waals surface area contributed by atoms with E-state index in [1.165, 1.54) is 0 Å². The van der Waals surface area contributed by atoms with Gasteiger partial charge in [-0.1, -0.05) is 11.6 Å². The van der Waals surface area contributed by atoms with Crippen LogP contribution in [0, 0.1) is 6.92 Å². The highest BCUT2D eigenvalue weighted by atomic mass is 35.5. The summed E-state index contributed by atoms with van der Waals surface area (Å²) in [5, 5.41) is 6.02. The Morgan fingerprint density at radius 2 is 2.19 bits per heavy atom. The third-order valence-corrected chi connectivity index (χ3v) is 2.41. The molecule has 88 valence electrons. The average molecular weight is 243 g/mol. The Hall–Kier alpha value is -1.26. The van der Waals surface area contributed by atoms with Crippen molar-refractivity contribution < 1.29 is 9.53 Å². The number of amides is 1. The van der Waals surface area contributed by atoms with E-state index in [4.69, 9.17) is 16.3 Å². The van der Waals surface area contributed by atoms with Crippen LogP contribution in [0.15, 0.2) is 12.1 Å². The molecule has 0 aliphatic heterocycles. The van der Waals surface area contributed by atoms with Crippen LogP contribution in [0.2, 0.25) is 5.02 Å². The van der Waals surface area contributed by atoms with E-state index in [1.54, 1.807) is 26.3 Å². The zero-order valence-corrected chi connectivity index (χ0v) is 10.3. The van der Waals surface area contributed by atoms with Crippen LogP contribution in [-0.2, 0) is 4.79 Å². The van der Waals surface area contributed by atoms with Gasteiger partial charge < -0.3 is 15.4 Å². The second kappa shape index (κ2) is 5.72. The van der Waals surface area contributed by atoms with E-state index >= 15 is 0 Å². The minimum absolute atomic E-state index is 0.105. The number of aryl methyl sites for hydroxylation is 1. The third kappa shape index (κ3) is 3.12. The predicted molar refractivity (Wildman–Crippen MR) is 65.3 cm³/mol. The van der Waals surface area contributed by atoms with Gasteiger partial charge in [0.25, 0.3) is 0 Å². The van der Waals surface area contributed by atoms with Crippen molar-refractivity contribution in [3.05, 3.63) is 22.7 Å². The average Bonchev–Trinajstić information content (AvgIpc) is 2.23. The molecule has 0 spiro atoms. The summed E-state index contributed by atoms with van der Waals surface area (Å²) in [6, 6.07) is 3.47. The number of hydrogen-bond acceptors (Lipinski definition) is 3. The van der Waals surface area contributed by atoms with E-state index in [-0.39, 0.29) is 12.5 Å². The highest BCUT2D eigenvalue weighted by Gasteiger charge is 2.08. The molecule has 1 aromatic rings. The van der Waals surface area contributed by atoms with Gasteiger partial charge in [-0.3, -0.25) is 4.79 Å². The summed E-state index contributed by atoms with van der Waals surface area (Å²) >= 11 is 5.97. The molecule has 16 heavy (non-hydrogen) atoms. The van der Waals surface area contributed by atoms with Gasteiger partial charge in [-0.2, -0.15) is 0 Å². The van der Waals surface area contributed by atoms with Crippen LogP contribution in [0.4, 0.5) is 5.69 Å². The van der Waals surface area contributed by atoms with Crippen LogP contribution in [0.1, 0.15) is 5.56 Å². The second-order valence-electron chi connectivity index (χ2n) is 3.38. The first-order valence-corrected chi connectivity index (χ1v) is 5.25. The summed E-state index contributed by atoms with van der Waals surface area (Å²) in [5.74, 6) is 0.498. The molecule has 0 bridgehead atoms. The molecule has 1 aromatic carbocycles. The molecule has 1 amide bonds. The van der Waals surface area contributed by atoms with E-state index in [1.807, 2.05) is 6.92 Å². The van der Waals surface area contributed by atoms with E-state index in [0.29, 0.717) is 16.5 Å². The van der Waals surface area contributed by atoms with Crippen molar-refractivity contribution in [3.63, 3.8) is 0 Å². The summed E-state index contributed by atoms with van der Waals surface area (Å²) in [6.07, 6.45) is 0. The number of ether oxygens (including phenoxy) is 1. The Balaban J connectivity index is 2.89. The summed E-state index contributed by atoms with van der Waals surface area (Å²) in [6.45, 7) is 2.15. The van der Waals surface area contributed by atoms with Crippen molar-refractivity contribution in [2.75, 3.05) is 26.0 Å². The molecule has 2 N–H and O–H groups in total. The zero-order chi connectivity index (χ0) is 12.1.